The first kappa shape index (κ1) is 23.8. The number of ether oxygens (including phenoxy) is 5. The number of nitrogens with zero attached hydrogens (tertiary/aromatic N) is 1. The molecule has 0 amide bonds. The highest BCUT2D eigenvalue weighted by Gasteiger charge is 2.33. The van der Waals surface area contributed by atoms with Crippen LogP contribution in [0.1, 0.15) is 27.4 Å². The molecule has 1 aliphatic heterocycles. The van der Waals surface area contributed by atoms with E-state index in [1.54, 1.807) is 42.5 Å². The van der Waals surface area contributed by atoms with E-state index in [0.29, 0.717) is 34.1 Å². The molecule has 0 aliphatic carbocycles. The van der Waals surface area contributed by atoms with Crippen molar-refractivity contribution in [2.45, 2.75) is 5.92 Å². The molecule has 1 unspecified atom stereocenters. The minimum absolute atomic E-state index is 0.0553. The quantitative estimate of drug-likeness (QED) is 0.385. The fourth-order valence-electron chi connectivity index (χ4n) is 3.92. The van der Waals surface area contributed by atoms with Crippen molar-refractivity contribution < 1.29 is 28.5 Å². The van der Waals surface area contributed by atoms with Crippen molar-refractivity contribution in [3.05, 3.63) is 87.8 Å². The van der Waals surface area contributed by atoms with Crippen LogP contribution in [0, 0.1) is 11.3 Å². The highest BCUT2D eigenvalue weighted by Crippen LogP contribution is 2.48. The molecular formula is C26H21ClN2O6. The Morgan fingerprint density at radius 1 is 1.00 bits per heavy atom. The predicted octanol–water partition coefficient (Wildman–Crippen LogP) is 4.80. The van der Waals surface area contributed by atoms with Gasteiger partial charge in [-0.15, -0.1) is 0 Å². The summed E-state index contributed by atoms with van der Waals surface area (Å²) in [4.78, 5) is 12.7. The summed E-state index contributed by atoms with van der Waals surface area (Å²) < 4.78 is 27.4. The lowest BCUT2D eigenvalue weighted by Crippen LogP contribution is -2.21. The van der Waals surface area contributed by atoms with Crippen LogP contribution in [0.2, 0.25) is 5.02 Å². The highest BCUT2D eigenvalue weighted by molar-refractivity contribution is 6.32. The van der Waals surface area contributed by atoms with Crippen LogP contribution in [0.4, 0.5) is 0 Å². The fraction of sp³-hybridized carbons (Fsp3) is 0.154. The summed E-state index contributed by atoms with van der Waals surface area (Å²) in [7, 11) is 4.54. The van der Waals surface area contributed by atoms with Gasteiger partial charge >= 0.3 is 5.97 Å². The average molecular weight is 493 g/mol. The van der Waals surface area contributed by atoms with Crippen molar-refractivity contribution in [2.75, 3.05) is 21.3 Å². The SMILES string of the molecule is COc1ccc(C(=O)Oc2ccc3c(c2)OC(N)=C(C#N)C3c2cccc(OC)c2OC)cc1Cl. The zero-order valence-corrected chi connectivity index (χ0v) is 19.9. The summed E-state index contributed by atoms with van der Waals surface area (Å²) in [6.45, 7) is 0. The van der Waals surface area contributed by atoms with Gasteiger partial charge in [0.25, 0.3) is 0 Å². The fourth-order valence-corrected chi connectivity index (χ4v) is 4.18. The van der Waals surface area contributed by atoms with E-state index in [-0.39, 0.29) is 27.8 Å². The zero-order valence-electron chi connectivity index (χ0n) is 19.1. The van der Waals surface area contributed by atoms with Gasteiger partial charge in [-0.05, 0) is 30.3 Å². The Bertz CT molecular complexity index is 1380. The molecule has 3 aromatic rings. The number of benzene rings is 3. The van der Waals surface area contributed by atoms with E-state index in [2.05, 4.69) is 6.07 Å². The first-order valence-corrected chi connectivity index (χ1v) is 10.8. The van der Waals surface area contributed by atoms with Crippen LogP contribution in [0.15, 0.2) is 66.1 Å². The molecule has 1 atom stereocenters. The number of nitriles is 1. The third kappa shape index (κ3) is 4.42. The van der Waals surface area contributed by atoms with Crippen molar-refractivity contribution in [2.24, 2.45) is 5.73 Å². The van der Waals surface area contributed by atoms with Crippen molar-refractivity contribution >= 4 is 17.6 Å². The molecular weight excluding hydrogens is 472 g/mol. The Morgan fingerprint density at radius 3 is 2.43 bits per heavy atom. The topological polar surface area (TPSA) is 113 Å². The number of esters is 1. The number of nitrogens with two attached hydrogens (primary N) is 1. The lowest BCUT2D eigenvalue weighted by Gasteiger charge is -2.28. The van der Waals surface area contributed by atoms with E-state index in [0.717, 1.165) is 0 Å². The third-order valence-electron chi connectivity index (χ3n) is 5.53. The van der Waals surface area contributed by atoms with Gasteiger partial charge < -0.3 is 29.4 Å². The lowest BCUT2D eigenvalue weighted by molar-refractivity contribution is 0.0734. The number of halogens is 1. The predicted molar refractivity (Wildman–Crippen MR) is 128 cm³/mol. The number of hydrogen-bond acceptors (Lipinski definition) is 8. The van der Waals surface area contributed by atoms with Gasteiger partial charge in [0.1, 0.15) is 28.9 Å². The molecule has 35 heavy (non-hydrogen) atoms. The van der Waals surface area contributed by atoms with E-state index in [4.69, 9.17) is 41.0 Å². The van der Waals surface area contributed by atoms with Gasteiger partial charge in [0.2, 0.25) is 5.88 Å². The summed E-state index contributed by atoms with van der Waals surface area (Å²) in [5.41, 5.74) is 7.90. The van der Waals surface area contributed by atoms with Crippen LogP contribution in [0.25, 0.3) is 0 Å². The van der Waals surface area contributed by atoms with E-state index in [1.165, 1.54) is 27.4 Å². The number of carbonyl (C=O) groups is 1. The van der Waals surface area contributed by atoms with E-state index in [1.807, 2.05) is 6.07 Å². The molecule has 0 fully saturated rings. The molecule has 8 nitrogen and oxygen atoms in total. The lowest BCUT2D eigenvalue weighted by atomic mass is 9.83. The average Bonchev–Trinajstić information content (AvgIpc) is 2.87. The van der Waals surface area contributed by atoms with E-state index >= 15 is 0 Å². The van der Waals surface area contributed by atoms with Gasteiger partial charge in [-0.3, -0.25) is 0 Å². The minimum Gasteiger partial charge on any atom is -0.495 e. The maximum atomic E-state index is 12.7. The molecule has 178 valence electrons. The second-order valence-electron chi connectivity index (χ2n) is 7.45. The van der Waals surface area contributed by atoms with Crippen molar-refractivity contribution in [3.63, 3.8) is 0 Å². The van der Waals surface area contributed by atoms with Crippen LogP contribution in [0.5, 0.6) is 28.7 Å². The zero-order chi connectivity index (χ0) is 25.1. The molecule has 0 saturated heterocycles. The highest BCUT2D eigenvalue weighted by atomic mass is 35.5. The maximum absolute atomic E-state index is 12.7. The van der Waals surface area contributed by atoms with Crippen LogP contribution < -0.4 is 29.4 Å². The number of rotatable bonds is 6. The summed E-state index contributed by atoms with van der Waals surface area (Å²) in [5, 5.41) is 10.1. The van der Waals surface area contributed by atoms with Crippen molar-refractivity contribution in [3.8, 4) is 34.8 Å². The molecule has 9 heteroatoms. The number of carbonyl (C=O) groups excluding carboxylic acids is 1. The number of methoxy groups -OCH3 is 3. The Hall–Kier alpha value is -4.35. The van der Waals surface area contributed by atoms with Gasteiger partial charge in [-0.1, -0.05) is 29.8 Å². The molecule has 0 bridgehead atoms. The van der Waals surface area contributed by atoms with Crippen LogP contribution >= 0.6 is 11.6 Å². The maximum Gasteiger partial charge on any atom is 0.343 e. The Labute approximate surface area is 207 Å². The normalized spacial score (nSPS) is 14.3. The smallest absolute Gasteiger partial charge is 0.343 e. The molecule has 0 saturated carbocycles. The second-order valence-corrected chi connectivity index (χ2v) is 7.85. The molecule has 3 aromatic carbocycles. The molecule has 1 heterocycles. The molecule has 0 aromatic heterocycles. The molecule has 2 N–H and O–H groups in total. The van der Waals surface area contributed by atoms with Gasteiger partial charge in [0.05, 0.1) is 37.8 Å². The Balaban J connectivity index is 1.72. The molecule has 4 rings (SSSR count). The van der Waals surface area contributed by atoms with Gasteiger partial charge in [0.15, 0.2) is 11.5 Å². The molecule has 0 radical (unpaired) electrons. The summed E-state index contributed by atoms with van der Waals surface area (Å²) in [5.74, 6) is 0.745. The third-order valence-corrected chi connectivity index (χ3v) is 5.83. The number of hydrogen-bond donors (Lipinski definition) is 1. The number of allylic oxidation sites excluding steroid dienone is 1. The Morgan fingerprint density at radius 2 is 1.77 bits per heavy atom. The van der Waals surface area contributed by atoms with Crippen LogP contribution in [0.3, 0.4) is 0 Å². The first-order chi connectivity index (χ1) is 16.9. The number of para-hydroxylation sites is 1. The van der Waals surface area contributed by atoms with Crippen LogP contribution in [-0.4, -0.2) is 27.3 Å². The summed E-state index contributed by atoms with van der Waals surface area (Å²) >= 11 is 6.12. The van der Waals surface area contributed by atoms with E-state index < -0.39 is 11.9 Å². The molecule has 0 spiro atoms. The first-order valence-electron chi connectivity index (χ1n) is 10.4. The van der Waals surface area contributed by atoms with Gasteiger partial charge in [-0.25, -0.2) is 4.79 Å². The largest absolute Gasteiger partial charge is 0.495 e. The van der Waals surface area contributed by atoms with Gasteiger partial charge in [0, 0.05) is 17.2 Å². The minimum atomic E-state index is -0.613. The summed E-state index contributed by atoms with van der Waals surface area (Å²) in [6.07, 6.45) is 0. The van der Waals surface area contributed by atoms with Gasteiger partial charge in [-0.2, -0.15) is 5.26 Å². The summed E-state index contributed by atoms with van der Waals surface area (Å²) in [6, 6.07) is 17.0. The number of fused-ring (bicyclic) bond motifs is 1. The van der Waals surface area contributed by atoms with Crippen molar-refractivity contribution in [1.82, 2.24) is 0 Å². The Kier molecular flexibility index (Phi) is 6.71. The monoisotopic (exact) mass is 492 g/mol. The standard InChI is InChI=1S/C26H21ClN2O6/c1-31-20-10-7-14(11-19(20)27)26(30)34-15-8-9-16-22(12-15)35-25(29)18(13-28)23(16)17-5-4-6-21(32-2)24(17)33-3/h4-12,23H,29H2,1-3H3. The van der Waals surface area contributed by atoms with E-state index in [9.17, 15) is 10.1 Å². The van der Waals surface area contributed by atoms with Crippen LogP contribution in [-0.2, 0) is 0 Å². The van der Waals surface area contributed by atoms with Crippen molar-refractivity contribution in [1.29, 1.82) is 5.26 Å². The molecule has 1 aliphatic rings. The second kappa shape index (κ2) is 9.87.